The summed E-state index contributed by atoms with van der Waals surface area (Å²) in [6.45, 7) is 4.18. The molecule has 4 heteroatoms. The van der Waals surface area contributed by atoms with Crippen LogP contribution in [0.25, 0.3) is 0 Å². The van der Waals surface area contributed by atoms with Crippen molar-refractivity contribution in [1.29, 1.82) is 0 Å². The summed E-state index contributed by atoms with van der Waals surface area (Å²) in [5.41, 5.74) is 4.50. The maximum absolute atomic E-state index is 6.71. The number of methoxy groups -OCH3 is 2. The maximum Gasteiger partial charge on any atom is 0.161 e. The van der Waals surface area contributed by atoms with Crippen molar-refractivity contribution < 1.29 is 9.47 Å². The second kappa shape index (κ2) is 6.71. The van der Waals surface area contributed by atoms with Crippen molar-refractivity contribution in [2.45, 2.75) is 19.2 Å². The maximum atomic E-state index is 6.71. The average Bonchev–Trinajstić information content (AvgIpc) is 2.49. The summed E-state index contributed by atoms with van der Waals surface area (Å²) in [5.74, 6) is 1.35. The van der Waals surface area contributed by atoms with Gasteiger partial charge in [-0.1, -0.05) is 34.1 Å². The predicted octanol–water partition coefficient (Wildman–Crippen LogP) is 5.41. The van der Waals surface area contributed by atoms with Crippen molar-refractivity contribution in [3.63, 3.8) is 0 Å². The van der Waals surface area contributed by atoms with Gasteiger partial charge in [0.2, 0.25) is 0 Å². The van der Waals surface area contributed by atoms with E-state index in [-0.39, 0.29) is 5.38 Å². The number of benzene rings is 2. The number of alkyl halides is 1. The lowest BCUT2D eigenvalue weighted by Crippen LogP contribution is -2.01. The van der Waals surface area contributed by atoms with Crippen LogP contribution in [0.3, 0.4) is 0 Å². The van der Waals surface area contributed by atoms with Gasteiger partial charge in [-0.2, -0.15) is 0 Å². The van der Waals surface area contributed by atoms with Crippen molar-refractivity contribution >= 4 is 27.5 Å². The monoisotopic (exact) mass is 368 g/mol. The minimum Gasteiger partial charge on any atom is -0.493 e. The third kappa shape index (κ3) is 3.19. The zero-order valence-electron chi connectivity index (χ0n) is 12.5. The number of hydrogen-bond donors (Lipinski definition) is 0. The van der Waals surface area contributed by atoms with Crippen LogP contribution in [0, 0.1) is 13.8 Å². The Morgan fingerprint density at radius 1 is 1.00 bits per heavy atom. The van der Waals surface area contributed by atoms with Crippen LogP contribution >= 0.6 is 27.5 Å². The SMILES string of the molecule is COc1cc(Br)c(C(Cl)c2cccc(C)c2C)cc1OC. The van der Waals surface area contributed by atoms with E-state index in [1.165, 1.54) is 11.1 Å². The van der Waals surface area contributed by atoms with Crippen LogP contribution in [0.15, 0.2) is 34.8 Å². The lowest BCUT2D eigenvalue weighted by atomic mass is 9.96. The van der Waals surface area contributed by atoms with Crippen molar-refractivity contribution in [2.24, 2.45) is 0 Å². The fraction of sp³-hybridized carbons (Fsp3) is 0.294. The summed E-state index contributed by atoms with van der Waals surface area (Å²) in [6, 6.07) is 9.98. The molecule has 2 aromatic rings. The highest BCUT2D eigenvalue weighted by Gasteiger charge is 2.19. The van der Waals surface area contributed by atoms with E-state index >= 15 is 0 Å². The minimum absolute atomic E-state index is 0.251. The van der Waals surface area contributed by atoms with Gasteiger partial charge < -0.3 is 9.47 Å². The van der Waals surface area contributed by atoms with E-state index in [1.54, 1.807) is 14.2 Å². The summed E-state index contributed by atoms with van der Waals surface area (Å²) in [5, 5.41) is -0.251. The molecular weight excluding hydrogens is 352 g/mol. The summed E-state index contributed by atoms with van der Waals surface area (Å²) >= 11 is 10.3. The van der Waals surface area contributed by atoms with Crippen molar-refractivity contribution in [2.75, 3.05) is 14.2 Å². The molecule has 2 nitrogen and oxygen atoms in total. The van der Waals surface area contributed by atoms with E-state index < -0.39 is 0 Å². The third-order valence-electron chi connectivity index (χ3n) is 3.70. The molecule has 0 aliphatic carbocycles. The van der Waals surface area contributed by atoms with Crippen LogP contribution in [0.2, 0.25) is 0 Å². The van der Waals surface area contributed by atoms with Gasteiger partial charge in [0.15, 0.2) is 11.5 Å². The summed E-state index contributed by atoms with van der Waals surface area (Å²) in [7, 11) is 3.24. The van der Waals surface area contributed by atoms with Crippen LogP contribution < -0.4 is 9.47 Å². The number of halogens is 2. The molecule has 0 N–H and O–H groups in total. The van der Waals surface area contributed by atoms with Gasteiger partial charge in [0, 0.05) is 4.47 Å². The Morgan fingerprint density at radius 2 is 1.62 bits per heavy atom. The van der Waals surface area contributed by atoms with Crippen LogP contribution in [-0.2, 0) is 0 Å². The molecule has 112 valence electrons. The fourth-order valence-corrected chi connectivity index (χ4v) is 3.38. The molecule has 0 saturated carbocycles. The zero-order chi connectivity index (χ0) is 15.6. The molecule has 0 spiro atoms. The molecule has 0 aliphatic rings. The van der Waals surface area contributed by atoms with Gasteiger partial charge in [0.1, 0.15) is 0 Å². The minimum atomic E-state index is -0.251. The van der Waals surface area contributed by atoms with E-state index in [4.69, 9.17) is 21.1 Å². The first kappa shape index (κ1) is 16.2. The second-order valence-corrected chi connectivity index (χ2v) is 6.17. The van der Waals surface area contributed by atoms with Crippen molar-refractivity contribution in [3.8, 4) is 11.5 Å². The Hall–Kier alpha value is -1.19. The average molecular weight is 370 g/mol. The van der Waals surface area contributed by atoms with Gasteiger partial charge in [-0.05, 0) is 48.2 Å². The molecule has 0 fully saturated rings. The molecular formula is C17H18BrClO2. The van der Waals surface area contributed by atoms with Gasteiger partial charge >= 0.3 is 0 Å². The van der Waals surface area contributed by atoms with Crippen LogP contribution in [0.4, 0.5) is 0 Å². The Balaban J connectivity index is 2.53. The first-order chi connectivity index (χ1) is 9.99. The molecule has 0 aliphatic heterocycles. The van der Waals surface area contributed by atoms with Gasteiger partial charge in [0.05, 0.1) is 19.6 Å². The summed E-state index contributed by atoms with van der Waals surface area (Å²) < 4.78 is 11.6. The fourth-order valence-electron chi connectivity index (χ4n) is 2.28. The molecule has 21 heavy (non-hydrogen) atoms. The lowest BCUT2D eigenvalue weighted by molar-refractivity contribution is 0.354. The normalized spacial score (nSPS) is 12.1. The Bertz CT molecular complexity index is 655. The van der Waals surface area contributed by atoms with Crippen LogP contribution in [0.5, 0.6) is 11.5 Å². The molecule has 0 aromatic heterocycles. The van der Waals surface area contributed by atoms with Crippen LogP contribution in [-0.4, -0.2) is 14.2 Å². The van der Waals surface area contributed by atoms with Crippen molar-refractivity contribution in [3.05, 3.63) is 57.1 Å². The summed E-state index contributed by atoms with van der Waals surface area (Å²) in [4.78, 5) is 0. The number of aryl methyl sites for hydroxylation is 1. The van der Waals surface area contributed by atoms with E-state index in [1.807, 2.05) is 18.2 Å². The molecule has 0 radical (unpaired) electrons. The van der Waals surface area contributed by atoms with E-state index in [0.29, 0.717) is 11.5 Å². The van der Waals surface area contributed by atoms with E-state index in [0.717, 1.165) is 15.6 Å². The molecule has 0 amide bonds. The highest BCUT2D eigenvalue weighted by Crippen LogP contribution is 2.41. The summed E-state index contributed by atoms with van der Waals surface area (Å²) in [6.07, 6.45) is 0. The Morgan fingerprint density at radius 3 is 2.24 bits per heavy atom. The topological polar surface area (TPSA) is 18.5 Å². The lowest BCUT2D eigenvalue weighted by Gasteiger charge is -2.18. The molecule has 0 saturated heterocycles. The molecule has 0 heterocycles. The quantitative estimate of drug-likeness (QED) is 0.671. The highest BCUT2D eigenvalue weighted by molar-refractivity contribution is 9.10. The van der Waals surface area contributed by atoms with E-state index in [2.05, 4.69) is 41.9 Å². The Labute approximate surface area is 139 Å². The van der Waals surface area contributed by atoms with Crippen LogP contribution in [0.1, 0.15) is 27.6 Å². The Kier molecular flexibility index (Phi) is 5.17. The second-order valence-electron chi connectivity index (χ2n) is 4.88. The third-order valence-corrected chi connectivity index (χ3v) is 4.85. The first-order valence-electron chi connectivity index (χ1n) is 6.61. The number of rotatable bonds is 4. The highest BCUT2D eigenvalue weighted by atomic mass is 79.9. The zero-order valence-corrected chi connectivity index (χ0v) is 14.9. The number of ether oxygens (including phenoxy) is 2. The molecule has 2 aromatic carbocycles. The standard InChI is InChI=1S/C17H18BrClO2/c1-10-6-5-7-12(11(10)2)17(19)13-8-15(20-3)16(21-4)9-14(13)18/h5-9,17H,1-4H3. The van der Waals surface area contributed by atoms with E-state index in [9.17, 15) is 0 Å². The van der Waals surface area contributed by atoms with Gasteiger partial charge in [-0.3, -0.25) is 0 Å². The molecule has 1 unspecified atom stereocenters. The number of hydrogen-bond acceptors (Lipinski definition) is 2. The largest absolute Gasteiger partial charge is 0.493 e. The van der Waals surface area contributed by atoms with Gasteiger partial charge in [0.25, 0.3) is 0 Å². The molecule has 1 atom stereocenters. The van der Waals surface area contributed by atoms with Gasteiger partial charge in [-0.15, -0.1) is 11.6 Å². The predicted molar refractivity (Wildman–Crippen MR) is 90.9 cm³/mol. The first-order valence-corrected chi connectivity index (χ1v) is 7.84. The van der Waals surface area contributed by atoms with Gasteiger partial charge in [-0.25, -0.2) is 0 Å². The van der Waals surface area contributed by atoms with Crippen molar-refractivity contribution in [1.82, 2.24) is 0 Å². The molecule has 2 rings (SSSR count). The smallest absolute Gasteiger partial charge is 0.161 e. The molecule has 0 bridgehead atoms.